The quantitative estimate of drug-likeness (QED) is 0.178. The SMILES string of the molecule is c1ccc(-c2cc(-c3ccccc3)cc(N(c3ccc(-n4c5ccccc5c5ccccc54)cc3)c3cccc4c3oc3ccccc34)c2)cc1. The lowest BCUT2D eigenvalue weighted by Gasteiger charge is -2.27. The highest BCUT2D eigenvalue weighted by molar-refractivity contribution is 6.11. The topological polar surface area (TPSA) is 21.3 Å². The highest BCUT2D eigenvalue weighted by Crippen LogP contribution is 2.44. The van der Waals surface area contributed by atoms with Crippen LogP contribution in [0.5, 0.6) is 0 Å². The molecule has 2 heterocycles. The lowest BCUT2D eigenvalue weighted by atomic mass is 9.97. The van der Waals surface area contributed by atoms with Crippen molar-refractivity contribution in [2.45, 2.75) is 0 Å². The molecule has 0 amide bonds. The molecule has 0 N–H and O–H groups in total. The average molecular weight is 653 g/mol. The molecule has 0 unspecified atom stereocenters. The summed E-state index contributed by atoms with van der Waals surface area (Å²) in [6, 6.07) is 69.1. The van der Waals surface area contributed by atoms with Crippen molar-refractivity contribution < 1.29 is 4.42 Å². The van der Waals surface area contributed by atoms with E-state index in [1.165, 1.54) is 32.9 Å². The van der Waals surface area contributed by atoms with Crippen LogP contribution in [0.2, 0.25) is 0 Å². The van der Waals surface area contributed by atoms with Crippen LogP contribution in [0, 0.1) is 0 Å². The number of fused-ring (bicyclic) bond motifs is 6. The Labute approximate surface area is 295 Å². The van der Waals surface area contributed by atoms with Gasteiger partial charge >= 0.3 is 0 Å². The zero-order valence-electron chi connectivity index (χ0n) is 27.8. The molecular weight excluding hydrogens is 621 g/mol. The third-order valence-electron chi connectivity index (χ3n) is 9.96. The van der Waals surface area contributed by atoms with Crippen molar-refractivity contribution in [3.8, 4) is 27.9 Å². The van der Waals surface area contributed by atoms with Crippen molar-refractivity contribution in [2.75, 3.05) is 4.90 Å². The van der Waals surface area contributed by atoms with Crippen LogP contribution in [-0.4, -0.2) is 4.57 Å². The summed E-state index contributed by atoms with van der Waals surface area (Å²) in [7, 11) is 0. The van der Waals surface area contributed by atoms with E-state index in [2.05, 4.69) is 191 Å². The van der Waals surface area contributed by atoms with Crippen molar-refractivity contribution in [1.82, 2.24) is 4.57 Å². The molecule has 0 atom stereocenters. The van der Waals surface area contributed by atoms with Crippen LogP contribution < -0.4 is 4.90 Å². The van der Waals surface area contributed by atoms with Gasteiger partial charge in [0, 0.05) is 38.6 Å². The summed E-state index contributed by atoms with van der Waals surface area (Å²) in [5.41, 5.74) is 12.9. The largest absolute Gasteiger partial charge is 0.454 e. The molecule has 2 aromatic heterocycles. The number of benzene rings is 8. The van der Waals surface area contributed by atoms with E-state index in [0.29, 0.717) is 0 Å². The molecule has 3 heteroatoms. The Kier molecular flexibility index (Phi) is 6.81. The molecule has 0 aliphatic carbocycles. The summed E-state index contributed by atoms with van der Waals surface area (Å²) in [6.45, 7) is 0. The van der Waals surface area contributed by atoms with E-state index in [1.54, 1.807) is 0 Å². The summed E-state index contributed by atoms with van der Waals surface area (Å²) >= 11 is 0. The molecule has 10 rings (SSSR count). The Balaban J connectivity index is 1.21. The van der Waals surface area contributed by atoms with E-state index >= 15 is 0 Å². The van der Waals surface area contributed by atoms with Crippen LogP contribution in [0.4, 0.5) is 17.1 Å². The third-order valence-corrected chi connectivity index (χ3v) is 9.96. The van der Waals surface area contributed by atoms with Crippen LogP contribution in [-0.2, 0) is 0 Å². The zero-order chi connectivity index (χ0) is 33.7. The first kappa shape index (κ1) is 29.1. The number of nitrogens with zero attached hydrogens (tertiary/aromatic N) is 2. The van der Waals surface area contributed by atoms with Gasteiger partial charge in [0.15, 0.2) is 5.58 Å². The van der Waals surface area contributed by atoms with Crippen LogP contribution in [0.3, 0.4) is 0 Å². The maximum Gasteiger partial charge on any atom is 0.159 e. The number of anilines is 3. The molecule has 0 spiro atoms. The molecule has 10 aromatic rings. The average Bonchev–Trinajstić information content (AvgIpc) is 3.76. The lowest BCUT2D eigenvalue weighted by molar-refractivity contribution is 0.669. The number of furan rings is 1. The zero-order valence-corrected chi connectivity index (χ0v) is 27.8. The first-order valence-corrected chi connectivity index (χ1v) is 17.4. The molecule has 0 aliphatic heterocycles. The second kappa shape index (κ2) is 11.9. The van der Waals surface area contributed by atoms with Crippen LogP contribution in [0.1, 0.15) is 0 Å². The van der Waals surface area contributed by atoms with Gasteiger partial charge in [-0.1, -0.05) is 127 Å². The molecular formula is C48H32N2O. The molecule has 0 fully saturated rings. The van der Waals surface area contributed by atoms with E-state index in [0.717, 1.165) is 55.8 Å². The smallest absolute Gasteiger partial charge is 0.159 e. The van der Waals surface area contributed by atoms with Gasteiger partial charge in [0.1, 0.15) is 5.58 Å². The lowest BCUT2D eigenvalue weighted by Crippen LogP contribution is -2.11. The minimum atomic E-state index is 0.858. The maximum absolute atomic E-state index is 6.67. The third kappa shape index (κ3) is 4.90. The fraction of sp³-hybridized carbons (Fsp3) is 0. The molecule has 0 bridgehead atoms. The predicted molar refractivity (Wildman–Crippen MR) is 214 cm³/mol. The molecule has 0 saturated carbocycles. The normalized spacial score (nSPS) is 11.5. The van der Waals surface area contributed by atoms with Gasteiger partial charge in [-0.15, -0.1) is 0 Å². The van der Waals surface area contributed by atoms with Crippen LogP contribution in [0.25, 0.3) is 71.7 Å². The summed E-state index contributed by atoms with van der Waals surface area (Å²) in [5, 5.41) is 4.71. The highest BCUT2D eigenvalue weighted by atomic mass is 16.3. The number of aromatic nitrogens is 1. The van der Waals surface area contributed by atoms with Crippen LogP contribution in [0.15, 0.2) is 199 Å². The van der Waals surface area contributed by atoms with E-state index in [9.17, 15) is 0 Å². The Bertz CT molecular complexity index is 2740. The van der Waals surface area contributed by atoms with E-state index < -0.39 is 0 Å². The van der Waals surface area contributed by atoms with Gasteiger partial charge in [-0.05, 0) is 89.0 Å². The second-order valence-corrected chi connectivity index (χ2v) is 13.0. The Morgan fingerprint density at radius 2 is 0.902 bits per heavy atom. The number of rotatable bonds is 6. The van der Waals surface area contributed by atoms with E-state index in [1.807, 2.05) is 12.1 Å². The first-order valence-electron chi connectivity index (χ1n) is 17.4. The van der Waals surface area contributed by atoms with Gasteiger partial charge < -0.3 is 13.9 Å². The van der Waals surface area contributed by atoms with E-state index in [-0.39, 0.29) is 0 Å². The Hall–Kier alpha value is -6.84. The van der Waals surface area contributed by atoms with E-state index in [4.69, 9.17) is 4.42 Å². The van der Waals surface area contributed by atoms with Crippen LogP contribution >= 0.6 is 0 Å². The Morgan fingerprint density at radius 3 is 1.53 bits per heavy atom. The first-order chi connectivity index (χ1) is 25.3. The summed E-state index contributed by atoms with van der Waals surface area (Å²) in [4.78, 5) is 2.35. The predicted octanol–water partition coefficient (Wildman–Crippen LogP) is 13.5. The van der Waals surface area contributed by atoms with Crippen molar-refractivity contribution in [1.29, 1.82) is 0 Å². The molecule has 0 aliphatic rings. The molecule has 51 heavy (non-hydrogen) atoms. The summed E-state index contributed by atoms with van der Waals surface area (Å²) < 4.78 is 9.03. The van der Waals surface area contributed by atoms with Gasteiger partial charge in [0.2, 0.25) is 0 Å². The number of hydrogen-bond donors (Lipinski definition) is 0. The maximum atomic E-state index is 6.67. The standard InChI is InChI=1S/C48H32N2O/c1-3-14-33(15-4-1)35-30-36(34-16-5-2-6-17-34)32-39(31-35)49(46-24-13-21-43-42-20-9-12-25-47(42)51-48(43)46)37-26-28-38(29-27-37)50-44-22-10-7-18-40(44)41-19-8-11-23-45(41)50/h1-32H. The van der Waals surface area contributed by atoms with Crippen molar-refractivity contribution >= 4 is 60.8 Å². The monoisotopic (exact) mass is 652 g/mol. The highest BCUT2D eigenvalue weighted by Gasteiger charge is 2.21. The molecule has 0 saturated heterocycles. The molecule has 3 nitrogen and oxygen atoms in total. The number of hydrogen-bond acceptors (Lipinski definition) is 2. The van der Waals surface area contributed by atoms with Gasteiger partial charge in [0.05, 0.1) is 16.7 Å². The van der Waals surface area contributed by atoms with Gasteiger partial charge in [-0.2, -0.15) is 0 Å². The Morgan fingerprint density at radius 1 is 0.373 bits per heavy atom. The summed E-state index contributed by atoms with van der Waals surface area (Å²) in [5.74, 6) is 0. The number of para-hydroxylation sites is 4. The van der Waals surface area contributed by atoms with Gasteiger partial charge in [0.25, 0.3) is 0 Å². The minimum absolute atomic E-state index is 0.858. The fourth-order valence-corrected chi connectivity index (χ4v) is 7.62. The molecule has 8 aromatic carbocycles. The molecule has 240 valence electrons. The van der Waals surface area contributed by atoms with Crippen molar-refractivity contribution in [3.05, 3.63) is 194 Å². The minimum Gasteiger partial charge on any atom is -0.454 e. The second-order valence-electron chi connectivity index (χ2n) is 13.0. The van der Waals surface area contributed by atoms with Gasteiger partial charge in [-0.3, -0.25) is 0 Å². The summed E-state index contributed by atoms with van der Waals surface area (Å²) in [6.07, 6.45) is 0. The molecule has 0 radical (unpaired) electrons. The van der Waals surface area contributed by atoms with Crippen molar-refractivity contribution in [2.24, 2.45) is 0 Å². The van der Waals surface area contributed by atoms with Gasteiger partial charge in [-0.25, -0.2) is 0 Å². The fourth-order valence-electron chi connectivity index (χ4n) is 7.62. The van der Waals surface area contributed by atoms with Crippen molar-refractivity contribution in [3.63, 3.8) is 0 Å².